The van der Waals surface area contributed by atoms with E-state index in [1.807, 2.05) is 25.1 Å². The summed E-state index contributed by atoms with van der Waals surface area (Å²) in [4.78, 5) is 10.9. The van der Waals surface area contributed by atoms with E-state index in [-0.39, 0.29) is 11.9 Å². The number of rotatable bonds is 1. The summed E-state index contributed by atoms with van der Waals surface area (Å²) in [6.45, 7) is 8.91. The Morgan fingerprint density at radius 2 is 1.82 bits per heavy atom. The number of aryl methyl sites for hydroxylation is 1. The molecule has 1 aliphatic heterocycles. The molecule has 1 heterocycles. The molecule has 2 nitrogen and oxygen atoms in total. The Morgan fingerprint density at radius 3 is 2.06 bits per heavy atom. The number of benzene rings is 1. The molecule has 0 amide bonds. The maximum atomic E-state index is 10.9. The van der Waals surface area contributed by atoms with Crippen molar-refractivity contribution in [2.75, 3.05) is 6.61 Å². The van der Waals surface area contributed by atoms with E-state index in [9.17, 15) is 4.79 Å². The lowest BCUT2D eigenvalue weighted by Gasteiger charge is -2.13. The first-order valence-corrected chi connectivity index (χ1v) is 6.20. The lowest BCUT2D eigenvalue weighted by Crippen LogP contribution is -2.17. The van der Waals surface area contributed by atoms with Crippen molar-refractivity contribution in [1.29, 1.82) is 0 Å². The van der Waals surface area contributed by atoms with E-state index in [2.05, 4.69) is 32.9 Å². The van der Waals surface area contributed by atoms with Gasteiger partial charge in [0.25, 0.3) is 0 Å². The van der Waals surface area contributed by atoms with Crippen LogP contribution in [0.2, 0.25) is 0 Å². The fourth-order valence-electron chi connectivity index (χ4n) is 1.93. The van der Waals surface area contributed by atoms with Gasteiger partial charge in [0.1, 0.15) is 0 Å². The minimum Gasteiger partial charge on any atom is -0.465 e. The molecular formula is C15H22O2. The van der Waals surface area contributed by atoms with Crippen LogP contribution < -0.4 is 0 Å². The van der Waals surface area contributed by atoms with Crippen LogP contribution in [0.25, 0.3) is 0 Å². The Morgan fingerprint density at radius 1 is 1.24 bits per heavy atom. The van der Waals surface area contributed by atoms with Gasteiger partial charge in [0.2, 0.25) is 0 Å². The largest absolute Gasteiger partial charge is 0.465 e. The summed E-state index contributed by atoms with van der Waals surface area (Å²) in [5, 5.41) is 0. The van der Waals surface area contributed by atoms with Gasteiger partial charge in [-0.25, -0.2) is 0 Å². The van der Waals surface area contributed by atoms with Crippen molar-refractivity contribution in [3.8, 4) is 0 Å². The second-order valence-electron chi connectivity index (χ2n) is 4.98. The number of cyclic esters (lactones) is 1. The highest BCUT2D eigenvalue weighted by Crippen LogP contribution is 2.27. The third kappa shape index (κ3) is 4.22. The molecule has 0 aromatic heterocycles. The fraction of sp³-hybridized carbons (Fsp3) is 0.533. The topological polar surface area (TPSA) is 26.3 Å². The van der Waals surface area contributed by atoms with Crippen LogP contribution in [0.1, 0.15) is 26.3 Å². The fourth-order valence-corrected chi connectivity index (χ4v) is 1.93. The van der Waals surface area contributed by atoms with Crippen molar-refractivity contribution in [3.63, 3.8) is 0 Å². The maximum absolute atomic E-state index is 10.9. The highest BCUT2D eigenvalue weighted by molar-refractivity contribution is 5.74. The van der Waals surface area contributed by atoms with Crippen LogP contribution in [0.5, 0.6) is 0 Å². The summed E-state index contributed by atoms with van der Waals surface area (Å²) in [6, 6.07) is 10.3. The van der Waals surface area contributed by atoms with Gasteiger partial charge < -0.3 is 4.74 Å². The molecule has 94 valence electrons. The zero-order valence-corrected chi connectivity index (χ0v) is 11.1. The first kappa shape index (κ1) is 13.8. The van der Waals surface area contributed by atoms with Crippen molar-refractivity contribution >= 4 is 5.97 Å². The van der Waals surface area contributed by atoms with Crippen LogP contribution in [0.15, 0.2) is 30.3 Å². The van der Waals surface area contributed by atoms with E-state index < -0.39 is 0 Å². The maximum Gasteiger partial charge on any atom is 0.309 e. The number of ether oxygens (including phenoxy) is 1. The van der Waals surface area contributed by atoms with Gasteiger partial charge in [-0.15, -0.1) is 0 Å². The molecule has 0 N–H and O–H groups in total. The lowest BCUT2D eigenvalue weighted by molar-refractivity contribution is -0.140. The average molecular weight is 234 g/mol. The molecule has 0 aliphatic carbocycles. The molecule has 0 bridgehead atoms. The normalized spacial score (nSPS) is 23.0. The van der Waals surface area contributed by atoms with E-state index in [4.69, 9.17) is 4.74 Å². The van der Waals surface area contributed by atoms with Crippen LogP contribution in [0, 0.1) is 24.7 Å². The Hall–Kier alpha value is -1.31. The Labute approximate surface area is 104 Å². The molecule has 0 saturated carbocycles. The zero-order valence-electron chi connectivity index (χ0n) is 11.1. The smallest absolute Gasteiger partial charge is 0.309 e. The minimum atomic E-state index is -0.0290. The molecule has 2 atom stereocenters. The van der Waals surface area contributed by atoms with Gasteiger partial charge in [-0.3, -0.25) is 4.79 Å². The molecule has 1 aromatic rings. The molecule has 1 aliphatic rings. The Kier molecular flexibility index (Phi) is 5.20. The summed E-state index contributed by atoms with van der Waals surface area (Å²) in [7, 11) is 0. The van der Waals surface area contributed by atoms with E-state index in [0.29, 0.717) is 18.4 Å². The second kappa shape index (κ2) is 6.43. The van der Waals surface area contributed by atoms with Crippen molar-refractivity contribution < 1.29 is 9.53 Å². The summed E-state index contributed by atoms with van der Waals surface area (Å²) in [5.74, 6) is 1.08. The van der Waals surface area contributed by atoms with Crippen LogP contribution in [0.4, 0.5) is 0 Å². The van der Waals surface area contributed by atoms with Crippen molar-refractivity contribution in [3.05, 3.63) is 35.9 Å². The highest BCUT2D eigenvalue weighted by Gasteiger charge is 2.34. The molecule has 0 radical (unpaired) electrons. The molecular weight excluding hydrogens is 212 g/mol. The van der Waals surface area contributed by atoms with E-state index in [0.717, 1.165) is 0 Å². The van der Waals surface area contributed by atoms with Gasteiger partial charge in [0, 0.05) is 5.92 Å². The summed E-state index contributed by atoms with van der Waals surface area (Å²) >= 11 is 0. The predicted molar refractivity (Wildman–Crippen MR) is 69.6 cm³/mol. The van der Waals surface area contributed by atoms with Crippen molar-refractivity contribution in [1.82, 2.24) is 0 Å². The zero-order chi connectivity index (χ0) is 12.8. The van der Waals surface area contributed by atoms with E-state index >= 15 is 0 Å². The molecule has 1 aromatic carbocycles. The molecule has 1 fully saturated rings. The summed E-state index contributed by atoms with van der Waals surface area (Å²) < 4.78 is 4.90. The van der Waals surface area contributed by atoms with Gasteiger partial charge in [-0.2, -0.15) is 0 Å². The first-order chi connectivity index (χ1) is 8.02. The monoisotopic (exact) mass is 234 g/mol. The highest BCUT2D eigenvalue weighted by atomic mass is 16.5. The molecule has 2 rings (SSSR count). The molecule has 0 spiro atoms. The molecule has 17 heavy (non-hydrogen) atoms. The summed E-state index contributed by atoms with van der Waals surface area (Å²) in [6.07, 6.45) is 0. The van der Waals surface area contributed by atoms with Gasteiger partial charge in [0.05, 0.1) is 12.5 Å². The van der Waals surface area contributed by atoms with Gasteiger partial charge >= 0.3 is 5.97 Å². The Balaban J connectivity index is 0.000000181. The Bertz CT molecular complexity index is 343. The van der Waals surface area contributed by atoms with E-state index in [1.54, 1.807) is 0 Å². The quantitative estimate of drug-likeness (QED) is 0.696. The van der Waals surface area contributed by atoms with E-state index in [1.165, 1.54) is 5.56 Å². The summed E-state index contributed by atoms with van der Waals surface area (Å²) in [5.41, 5.74) is 1.32. The lowest BCUT2D eigenvalue weighted by atomic mass is 9.87. The number of carbonyl (C=O) groups excluding carboxylic acids is 1. The van der Waals surface area contributed by atoms with Gasteiger partial charge in [-0.1, -0.05) is 56.7 Å². The van der Waals surface area contributed by atoms with Crippen LogP contribution in [-0.4, -0.2) is 12.6 Å². The second-order valence-corrected chi connectivity index (χ2v) is 4.98. The molecule has 2 unspecified atom stereocenters. The van der Waals surface area contributed by atoms with Crippen LogP contribution in [0.3, 0.4) is 0 Å². The molecule has 2 heteroatoms. The number of carbonyl (C=O) groups is 1. The third-order valence-electron chi connectivity index (χ3n) is 3.23. The number of esters is 1. The van der Waals surface area contributed by atoms with Gasteiger partial charge in [-0.05, 0) is 12.8 Å². The average Bonchev–Trinajstić information content (AvgIpc) is 2.62. The van der Waals surface area contributed by atoms with Crippen molar-refractivity contribution in [2.24, 2.45) is 17.8 Å². The van der Waals surface area contributed by atoms with Gasteiger partial charge in [0.15, 0.2) is 0 Å². The third-order valence-corrected chi connectivity index (χ3v) is 3.23. The SMILES string of the molecule is CC(C)C1COC(=O)C1C.Cc1ccccc1. The minimum absolute atomic E-state index is 0.0290. The van der Waals surface area contributed by atoms with Crippen molar-refractivity contribution in [2.45, 2.75) is 27.7 Å². The number of hydrogen-bond acceptors (Lipinski definition) is 2. The standard InChI is InChI=1S/C8H14O2.C7H8/c1-5(2)7-4-10-8(9)6(7)3;1-7-5-3-2-4-6-7/h5-7H,4H2,1-3H3;2-6H,1H3. The predicted octanol–water partition coefficient (Wildman–Crippen LogP) is 3.45. The molecule has 1 saturated heterocycles. The van der Waals surface area contributed by atoms with Crippen LogP contribution >= 0.6 is 0 Å². The van der Waals surface area contributed by atoms with Crippen LogP contribution in [-0.2, 0) is 9.53 Å². The number of hydrogen-bond donors (Lipinski definition) is 0. The first-order valence-electron chi connectivity index (χ1n) is 6.20.